The Balaban J connectivity index is 3.24. The van der Waals surface area contributed by atoms with Crippen LogP contribution in [-0.2, 0) is 5.88 Å². The molecule has 0 nitrogen and oxygen atoms in total. The van der Waals surface area contributed by atoms with E-state index in [0.717, 1.165) is 14.2 Å². The average molecular weight is 301 g/mol. The van der Waals surface area contributed by atoms with E-state index >= 15 is 0 Å². The van der Waals surface area contributed by atoms with Crippen LogP contribution in [0.5, 0.6) is 0 Å². The minimum absolute atomic E-state index is 0.483. The van der Waals surface area contributed by atoms with Gasteiger partial charge in [-0.25, -0.2) is 0 Å². The summed E-state index contributed by atoms with van der Waals surface area (Å²) >= 11 is 13.9. The van der Waals surface area contributed by atoms with Gasteiger partial charge in [0.1, 0.15) is 0 Å². The van der Waals surface area contributed by atoms with Crippen LogP contribution < -0.4 is 0 Å². The third kappa shape index (κ3) is 2.23. The molecule has 0 radical (unpaired) electrons. The second kappa shape index (κ2) is 3.97. The van der Waals surface area contributed by atoms with Gasteiger partial charge in [0, 0.05) is 9.45 Å². The number of alkyl halides is 1. The molecule has 1 aromatic rings. The number of rotatable bonds is 1. The van der Waals surface area contributed by atoms with Crippen molar-refractivity contribution in [1.29, 1.82) is 0 Å². The van der Waals surface area contributed by atoms with Crippen molar-refractivity contribution in [2.45, 2.75) is 12.8 Å². The molecule has 11 heavy (non-hydrogen) atoms. The first kappa shape index (κ1) is 9.62. The first-order chi connectivity index (χ1) is 5.15. The van der Waals surface area contributed by atoms with Gasteiger partial charge in [-0.05, 0) is 46.7 Å². The summed E-state index contributed by atoms with van der Waals surface area (Å²) < 4.78 is 1.07. The molecule has 1 aromatic carbocycles. The number of benzene rings is 1. The number of halogens is 3. The quantitative estimate of drug-likeness (QED) is 0.543. The molecular formula is C8H7Cl2I. The summed E-state index contributed by atoms with van der Waals surface area (Å²) in [5, 5.41) is 0.784. The molecule has 0 heterocycles. The van der Waals surface area contributed by atoms with Crippen molar-refractivity contribution >= 4 is 45.8 Å². The Morgan fingerprint density at radius 1 is 1.45 bits per heavy atom. The molecule has 0 aromatic heterocycles. The summed E-state index contributed by atoms with van der Waals surface area (Å²) in [5.74, 6) is 0.483. The van der Waals surface area contributed by atoms with Crippen molar-refractivity contribution < 1.29 is 0 Å². The van der Waals surface area contributed by atoms with E-state index in [2.05, 4.69) is 22.6 Å². The molecule has 0 aliphatic rings. The Morgan fingerprint density at radius 2 is 2.09 bits per heavy atom. The average Bonchev–Trinajstić information content (AvgIpc) is 1.96. The van der Waals surface area contributed by atoms with Gasteiger partial charge >= 0.3 is 0 Å². The summed E-state index contributed by atoms with van der Waals surface area (Å²) in [6.07, 6.45) is 0. The van der Waals surface area contributed by atoms with Gasteiger partial charge < -0.3 is 0 Å². The molecule has 0 unspecified atom stereocenters. The summed E-state index contributed by atoms with van der Waals surface area (Å²) in [6, 6.07) is 4.05. The van der Waals surface area contributed by atoms with Crippen molar-refractivity contribution in [2.24, 2.45) is 0 Å². The molecule has 0 N–H and O–H groups in total. The monoisotopic (exact) mass is 300 g/mol. The fourth-order valence-electron chi connectivity index (χ4n) is 0.894. The van der Waals surface area contributed by atoms with Gasteiger partial charge in [0.05, 0.1) is 5.02 Å². The molecule has 60 valence electrons. The van der Waals surface area contributed by atoms with E-state index in [0.29, 0.717) is 5.88 Å². The predicted molar refractivity (Wildman–Crippen MR) is 58.5 cm³/mol. The predicted octanol–water partition coefficient (Wildman–Crippen LogP) is 3.99. The van der Waals surface area contributed by atoms with Crippen molar-refractivity contribution in [2.75, 3.05) is 0 Å². The van der Waals surface area contributed by atoms with E-state index in [9.17, 15) is 0 Å². The minimum atomic E-state index is 0.483. The van der Waals surface area contributed by atoms with Gasteiger partial charge in [-0.1, -0.05) is 17.7 Å². The largest absolute Gasteiger partial charge is 0.121 e. The topological polar surface area (TPSA) is 0 Å². The van der Waals surface area contributed by atoms with Crippen molar-refractivity contribution in [3.05, 3.63) is 31.9 Å². The molecule has 0 fully saturated rings. The number of hydrogen-bond donors (Lipinski definition) is 0. The molecule has 0 spiro atoms. The normalized spacial score (nSPS) is 10.2. The zero-order chi connectivity index (χ0) is 8.43. The van der Waals surface area contributed by atoms with Crippen LogP contribution in [0.3, 0.4) is 0 Å². The van der Waals surface area contributed by atoms with E-state index < -0.39 is 0 Å². The fraction of sp³-hybridized carbons (Fsp3) is 0.250. The van der Waals surface area contributed by atoms with Gasteiger partial charge in [0.15, 0.2) is 0 Å². The van der Waals surface area contributed by atoms with Crippen molar-refractivity contribution in [3.8, 4) is 0 Å². The molecule has 0 atom stereocenters. The van der Waals surface area contributed by atoms with Crippen LogP contribution in [0.1, 0.15) is 11.1 Å². The van der Waals surface area contributed by atoms with Crippen LogP contribution in [0.15, 0.2) is 12.1 Å². The van der Waals surface area contributed by atoms with Crippen LogP contribution in [0.4, 0.5) is 0 Å². The molecule has 0 amide bonds. The lowest BCUT2D eigenvalue weighted by molar-refractivity contribution is 1.33. The Kier molecular flexibility index (Phi) is 3.47. The lowest BCUT2D eigenvalue weighted by atomic mass is 10.2. The molecule has 0 saturated carbocycles. The highest BCUT2D eigenvalue weighted by Gasteiger charge is 2.03. The van der Waals surface area contributed by atoms with E-state index in [4.69, 9.17) is 23.2 Å². The van der Waals surface area contributed by atoms with Crippen LogP contribution in [0.25, 0.3) is 0 Å². The molecule has 0 saturated heterocycles. The molecule has 0 aliphatic carbocycles. The third-order valence-electron chi connectivity index (χ3n) is 1.39. The van der Waals surface area contributed by atoms with Crippen LogP contribution in [0.2, 0.25) is 5.02 Å². The number of hydrogen-bond acceptors (Lipinski definition) is 0. The highest BCUT2D eigenvalue weighted by Crippen LogP contribution is 2.25. The SMILES string of the molecule is Cc1cc(I)c(Cl)c(CCl)c1. The summed E-state index contributed by atoms with van der Waals surface area (Å²) in [6.45, 7) is 2.04. The first-order valence-electron chi connectivity index (χ1n) is 3.15. The molecule has 0 aliphatic heterocycles. The Hall–Kier alpha value is 0.530. The molecule has 3 heteroatoms. The third-order valence-corrected chi connectivity index (χ3v) is 3.30. The fourth-order valence-corrected chi connectivity index (χ4v) is 2.19. The summed E-state index contributed by atoms with van der Waals surface area (Å²) in [4.78, 5) is 0. The second-order valence-electron chi connectivity index (χ2n) is 2.35. The number of aryl methyl sites for hydroxylation is 1. The van der Waals surface area contributed by atoms with E-state index in [1.807, 2.05) is 19.1 Å². The minimum Gasteiger partial charge on any atom is -0.121 e. The Labute approximate surface area is 90.0 Å². The van der Waals surface area contributed by atoms with E-state index in [1.165, 1.54) is 5.56 Å². The van der Waals surface area contributed by atoms with Crippen LogP contribution in [0, 0.1) is 10.5 Å². The zero-order valence-corrected chi connectivity index (χ0v) is 9.67. The van der Waals surface area contributed by atoms with Gasteiger partial charge in [0.25, 0.3) is 0 Å². The van der Waals surface area contributed by atoms with Gasteiger partial charge in [-0.2, -0.15) is 0 Å². The van der Waals surface area contributed by atoms with Gasteiger partial charge in [-0.15, -0.1) is 11.6 Å². The standard InChI is InChI=1S/C8H7Cl2I/c1-5-2-6(4-9)8(10)7(11)3-5/h2-3H,4H2,1H3. The molecule has 1 rings (SSSR count). The van der Waals surface area contributed by atoms with E-state index in [-0.39, 0.29) is 0 Å². The Bertz CT molecular complexity index is 271. The summed E-state index contributed by atoms with van der Waals surface area (Å²) in [7, 11) is 0. The lowest BCUT2D eigenvalue weighted by Gasteiger charge is -2.03. The van der Waals surface area contributed by atoms with E-state index in [1.54, 1.807) is 0 Å². The van der Waals surface area contributed by atoms with Crippen LogP contribution in [-0.4, -0.2) is 0 Å². The molecule has 0 bridgehead atoms. The maximum Gasteiger partial charge on any atom is 0.0583 e. The highest BCUT2D eigenvalue weighted by atomic mass is 127. The first-order valence-corrected chi connectivity index (χ1v) is 5.14. The summed E-state index contributed by atoms with van der Waals surface area (Å²) in [5.41, 5.74) is 2.21. The zero-order valence-electron chi connectivity index (χ0n) is 6.00. The maximum absolute atomic E-state index is 5.97. The smallest absolute Gasteiger partial charge is 0.0583 e. The van der Waals surface area contributed by atoms with Gasteiger partial charge in [-0.3, -0.25) is 0 Å². The van der Waals surface area contributed by atoms with Crippen molar-refractivity contribution in [3.63, 3.8) is 0 Å². The van der Waals surface area contributed by atoms with Crippen molar-refractivity contribution in [1.82, 2.24) is 0 Å². The lowest BCUT2D eigenvalue weighted by Crippen LogP contribution is -1.86. The Morgan fingerprint density at radius 3 is 2.64 bits per heavy atom. The molecular weight excluding hydrogens is 294 g/mol. The van der Waals surface area contributed by atoms with Crippen LogP contribution >= 0.6 is 45.8 Å². The second-order valence-corrected chi connectivity index (χ2v) is 4.16. The highest BCUT2D eigenvalue weighted by molar-refractivity contribution is 14.1. The maximum atomic E-state index is 5.97. The van der Waals surface area contributed by atoms with Gasteiger partial charge in [0.2, 0.25) is 0 Å².